The first-order chi connectivity index (χ1) is 8.99. The Balaban J connectivity index is 2.04. The van der Waals surface area contributed by atoms with E-state index in [2.05, 4.69) is 30.7 Å². The van der Waals surface area contributed by atoms with E-state index >= 15 is 0 Å². The quantitative estimate of drug-likeness (QED) is 0.779. The molecule has 4 nitrogen and oxygen atoms in total. The van der Waals surface area contributed by atoms with Crippen molar-refractivity contribution in [3.05, 3.63) is 0 Å². The normalized spacial score (nSPS) is 38.0. The van der Waals surface area contributed by atoms with Gasteiger partial charge in [-0.3, -0.25) is 4.79 Å². The maximum absolute atomic E-state index is 12.8. The SMILES string of the molecule is CC1CCC(N)C(C(=O)N2CCCN(C)CC2C)C1. The third-order valence-corrected chi connectivity index (χ3v) is 4.81. The van der Waals surface area contributed by atoms with E-state index < -0.39 is 0 Å². The first-order valence-electron chi connectivity index (χ1n) is 7.73. The number of nitrogens with zero attached hydrogens (tertiary/aromatic N) is 2. The van der Waals surface area contributed by atoms with Gasteiger partial charge in [0.1, 0.15) is 0 Å². The van der Waals surface area contributed by atoms with Crippen LogP contribution in [-0.2, 0) is 4.79 Å². The van der Waals surface area contributed by atoms with Crippen molar-refractivity contribution in [2.24, 2.45) is 17.6 Å². The van der Waals surface area contributed by atoms with Crippen LogP contribution in [0.4, 0.5) is 0 Å². The van der Waals surface area contributed by atoms with Crippen molar-refractivity contribution in [3.63, 3.8) is 0 Å². The smallest absolute Gasteiger partial charge is 0.227 e. The molecule has 1 saturated carbocycles. The number of amides is 1. The first-order valence-corrected chi connectivity index (χ1v) is 7.73. The summed E-state index contributed by atoms with van der Waals surface area (Å²) in [6.45, 7) is 7.36. The Bertz CT molecular complexity index is 321. The van der Waals surface area contributed by atoms with Crippen LogP contribution in [-0.4, -0.2) is 54.5 Å². The van der Waals surface area contributed by atoms with E-state index in [9.17, 15) is 4.79 Å². The van der Waals surface area contributed by atoms with Crippen LogP contribution < -0.4 is 5.73 Å². The molecule has 4 atom stereocenters. The van der Waals surface area contributed by atoms with E-state index in [1.54, 1.807) is 0 Å². The highest BCUT2D eigenvalue weighted by Gasteiger charge is 2.36. The Morgan fingerprint density at radius 2 is 1.95 bits per heavy atom. The number of likely N-dealkylation sites (N-methyl/N-ethyl adjacent to an activating group) is 1. The highest BCUT2D eigenvalue weighted by Crippen LogP contribution is 2.30. The minimum Gasteiger partial charge on any atom is -0.338 e. The van der Waals surface area contributed by atoms with Gasteiger partial charge in [-0.1, -0.05) is 6.92 Å². The highest BCUT2D eigenvalue weighted by molar-refractivity contribution is 5.80. The maximum atomic E-state index is 12.8. The van der Waals surface area contributed by atoms with Crippen molar-refractivity contribution < 1.29 is 4.79 Å². The Kier molecular flexibility index (Phi) is 4.85. The van der Waals surface area contributed by atoms with Gasteiger partial charge in [-0.25, -0.2) is 0 Å². The van der Waals surface area contributed by atoms with Crippen LogP contribution >= 0.6 is 0 Å². The van der Waals surface area contributed by atoms with Gasteiger partial charge in [0.15, 0.2) is 0 Å². The van der Waals surface area contributed by atoms with E-state index in [1.165, 1.54) is 6.42 Å². The molecule has 1 saturated heterocycles. The molecule has 0 radical (unpaired) electrons. The zero-order chi connectivity index (χ0) is 14.0. The minimum atomic E-state index is 0.0506. The molecular weight excluding hydrogens is 238 g/mol. The number of rotatable bonds is 1. The molecule has 2 aliphatic rings. The van der Waals surface area contributed by atoms with Crippen LogP contribution in [0.25, 0.3) is 0 Å². The van der Waals surface area contributed by atoms with Crippen LogP contribution in [0.2, 0.25) is 0 Å². The summed E-state index contributed by atoms with van der Waals surface area (Å²) in [5, 5.41) is 0. The Morgan fingerprint density at radius 1 is 1.21 bits per heavy atom. The van der Waals surface area contributed by atoms with E-state index in [4.69, 9.17) is 5.73 Å². The molecule has 19 heavy (non-hydrogen) atoms. The first kappa shape index (κ1) is 14.8. The van der Waals surface area contributed by atoms with Gasteiger partial charge in [-0.2, -0.15) is 0 Å². The summed E-state index contributed by atoms with van der Waals surface area (Å²) in [6.07, 6.45) is 4.21. The lowest BCUT2D eigenvalue weighted by Gasteiger charge is -2.37. The number of carbonyl (C=O) groups excluding carboxylic acids is 1. The molecule has 2 N–H and O–H groups in total. The lowest BCUT2D eigenvalue weighted by molar-refractivity contribution is -0.139. The molecule has 1 aliphatic carbocycles. The van der Waals surface area contributed by atoms with Gasteiger partial charge in [-0.05, 0) is 52.1 Å². The van der Waals surface area contributed by atoms with Gasteiger partial charge in [0, 0.05) is 25.2 Å². The summed E-state index contributed by atoms with van der Waals surface area (Å²) >= 11 is 0. The Labute approximate surface area is 117 Å². The molecule has 110 valence electrons. The van der Waals surface area contributed by atoms with Crippen molar-refractivity contribution >= 4 is 5.91 Å². The average Bonchev–Trinajstić information content (AvgIpc) is 2.52. The van der Waals surface area contributed by atoms with E-state index in [1.807, 2.05) is 0 Å². The molecule has 0 spiro atoms. The minimum absolute atomic E-state index is 0.0506. The second kappa shape index (κ2) is 6.23. The Morgan fingerprint density at radius 3 is 2.68 bits per heavy atom. The van der Waals surface area contributed by atoms with E-state index in [0.29, 0.717) is 17.9 Å². The number of carbonyl (C=O) groups is 1. The largest absolute Gasteiger partial charge is 0.338 e. The van der Waals surface area contributed by atoms with Gasteiger partial charge in [0.05, 0.1) is 5.92 Å². The lowest BCUT2D eigenvalue weighted by Crippen LogP contribution is -2.50. The van der Waals surface area contributed by atoms with Gasteiger partial charge < -0.3 is 15.5 Å². The molecule has 2 fully saturated rings. The maximum Gasteiger partial charge on any atom is 0.227 e. The third kappa shape index (κ3) is 3.48. The van der Waals surface area contributed by atoms with Crippen LogP contribution in [0.1, 0.15) is 39.5 Å². The van der Waals surface area contributed by atoms with Gasteiger partial charge >= 0.3 is 0 Å². The van der Waals surface area contributed by atoms with Crippen LogP contribution in [0.3, 0.4) is 0 Å². The molecule has 4 heteroatoms. The fourth-order valence-electron chi connectivity index (χ4n) is 3.60. The molecule has 2 rings (SSSR count). The van der Waals surface area contributed by atoms with Gasteiger partial charge in [-0.15, -0.1) is 0 Å². The molecule has 1 amide bonds. The molecule has 0 aromatic heterocycles. The third-order valence-electron chi connectivity index (χ3n) is 4.81. The zero-order valence-electron chi connectivity index (χ0n) is 12.6. The van der Waals surface area contributed by atoms with Crippen molar-refractivity contribution in [1.82, 2.24) is 9.80 Å². The number of nitrogens with two attached hydrogens (primary N) is 1. The molecule has 1 aliphatic heterocycles. The standard InChI is InChI=1S/C15H29N3O/c1-11-5-6-14(16)13(9-11)15(19)18-8-4-7-17(3)10-12(18)2/h11-14H,4-10,16H2,1-3H3. The Hall–Kier alpha value is -0.610. The predicted molar refractivity (Wildman–Crippen MR) is 77.8 cm³/mol. The summed E-state index contributed by atoms with van der Waals surface area (Å²) in [6, 6.07) is 0.376. The second-order valence-electron chi connectivity index (χ2n) is 6.69. The number of hydrogen-bond acceptors (Lipinski definition) is 3. The van der Waals surface area contributed by atoms with Gasteiger partial charge in [0.2, 0.25) is 5.91 Å². The molecule has 0 bridgehead atoms. The molecule has 0 aromatic rings. The fraction of sp³-hybridized carbons (Fsp3) is 0.933. The topological polar surface area (TPSA) is 49.6 Å². The van der Waals surface area contributed by atoms with Crippen LogP contribution in [0.5, 0.6) is 0 Å². The molecule has 1 heterocycles. The summed E-state index contributed by atoms with van der Waals surface area (Å²) in [4.78, 5) is 17.2. The monoisotopic (exact) mass is 267 g/mol. The van der Waals surface area contributed by atoms with Crippen molar-refractivity contribution in [2.45, 2.75) is 51.6 Å². The lowest BCUT2D eigenvalue weighted by atomic mass is 9.78. The molecule has 0 aromatic carbocycles. The summed E-state index contributed by atoms with van der Waals surface area (Å²) in [5.74, 6) is 0.996. The second-order valence-corrected chi connectivity index (χ2v) is 6.69. The fourth-order valence-corrected chi connectivity index (χ4v) is 3.60. The van der Waals surface area contributed by atoms with Gasteiger partial charge in [0.25, 0.3) is 0 Å². The highest BCUT2D eigenvalue weighted by atomic mass is 16.2. The van der Waals surface area contributed by atoms with Crippen molar-refractivity contribution in [2.75, 3.05) is 26.7 Å². The summed E-state index contributed by atoms with van der Waals surface area (Å²) in [5.41, 5.74) is 6.20. The molecule has 4 unspecified atom stereocenters. The number of hydrogen-bond donors (Lipinski definition) is 1. The zero-order valence-corrected chi connectivity index (χ0v) is 12.6. The van der Waals surface area contributed by atoms with Crippen molar-refractivity contribution in [3.8, 4) is 0 Å². The van der Waals surface area contributed by atoms with E-state index in [0.717, 1.165) is 38.9 Å². The van der Waals surface area contributed by atoms with Crippen LogP contribution in [0, 0.1) is 11.8 Å². The van der Waals surface area contributed by atoms with E-state index in [-0.39, 0.29) is 12.0 Å². The summed E-state index contributed by atoms with van der Waals surface area (Å²) in [7, 11) is 2.14. The predicted octanol–water partition coefficient (Wildman–Crippen LogP) is 1.30. The average molecular weight is 267 g/mol. The molecular formula is C15H29N3O. The summed E-state index contributed by atoms with van der Waals surface area (Å²) < 4.78 is 0. The van der Waals surface area contributed by atoms with Crippen LogP contribution in [0.15, 0.2) is 0 Å². The van der Waals surface area contributed by atoms with Crippen molar-refractivity contribution in [1.29, 1.82) is 0 Å².